The van der Waals surface area contributed by atoms with Gasteiger partial charge in [0.05, 0.1) is 7.11 Å². The average Bonchev–Trinajstić information content (AvgIpc) is 2.45. The number of amides is 1. The van der Waals surface area contributed by atoms with E-state index in [1.165, 1.54) is 7.11 Å². The van der Waals surface area contributed by atoms with Crippen molar-refractivity contribution in [2.75, 3.05) is 7.11 Å². The van der Waals surface area contributed by atoms with Crippen molar-refractivity contribution < 1.29 is 9.53 Å². The summed E-state index contributed by atoms with van der Waals surface area (Å²) in [4.78, 5) is 16.3. The largest absolute Gasteiger partial charge is 0.480 e. The number of aromatic nitrogens is 1. The van der Waals surface area contributed by atoms with E-state index in [0.717, 1.165) is 5.56 Å². The summed E-state index contributed by atoms with van der Waals surface area (Å²) in [6.07, 6.45) is 0. The van der Waals surface area contributed by atoms with Crippen molar-refractivity contribution in [3.63, 3.8) is 0 Å². The van der Waals surface area contributed by atoms with Crippen LogP contribution in [-0.2, 0) is 6.54 Å². The van der Waals surface area contributed by atoms with Crippen molar-refractivity contribution in [2.24, 2.45) is 0 Å². The molecule has 0 spiro atoms. The molecule has 6 heteroatoms. The molecule has 21 heavy (non-hydrogen) atoms. The normalized spacial score (nSPS) is 10.3. The van der Waals surface area contributed by atoms with Crippen LogP contribution >= 0.6 is 23.2 Å². The molecule has 0 aliphatic rings. The van der Waals surface area contributed by atoms with Crippen LogP contribution in [0.3, 0.4) is 0 Å². The molecule has 2 rings (SSSR count). The zero-order valence-electron chi connectivity index (χ0n) is 11.6. The molecular weight excluding hydrogens is 311 g/mol. The minimum atomic E-state index is -0.261. The van der Waals surface area contributed by atoms with Gasteiger partial charge < -0.3 is 10.1 Å². The number of halogens is 2. The lowest BCUT2D eigenvalue weighted by molar-refractivity contribution is 0.0946. The van der Waals surface area contributed by atoms with Crippen LogP contribution in [0.2, 0.25) is 10.2 Å². The van der Waals surface area contributed by atoms with Crippen LogP contribution in [0.4, 0.5) is 0 Å². The molecule has 0 saturated heterocycles. The number of hydrogen-bond donors (Lipinski definition) is 1. The number of pyridine rings is 1. The molecule has 0 saturated carbocycles. The molecule has 1 aromatic carbocycles. The van der Waals surface area contributed by atoms with Gasteiger partial charge >= 0.3 is 0 Å². The number of ether oxygens (including phenoxy) is 1. The SMILES string of the molecule is COc1nc(Cl)cc(C)c1C(=O)NCc1ccc(Cl)cc1. The third kappa shape index (κ3) is 3.86. The van der Waals surface area contributed by atoms with E-state index in [9.17, 15) is 4.79 Å². The van der Waals surface area contributed by atoms with Crippen LogP contribution < -0.4 is 10.1 Å². The molecule has 2 aromatic rings. The maximum absolute atomic E-state index is 12.3. The van der Waals surface area contributed by atoms with Gasteiger partial charge in [-0.3, -0.25) is 4.79 Å². The van der Waals surface area contributed by atoms with E-state index in [4.69, 9.17) is 27.9 Å². The first-order chi connectivity index (χ1) is 10.0. The molecule has 0 atom stereocenters. The summed E-state index contributed by atoms with van der Waals surface area (Å²) in [5.74, 6) is -0.0444. The quantitative estimate of drug-likeness (QED) is 0.873. The average molecular weight is 325 g/mol. The van der Waals surface area contributed by atoms with Crippen LogP contribution in [0.15, 0.2) is 30.3 Å². The monoisotopic (exact) mass is 324 g/mol. The number of rotatable bonds is 4. The summed E-state index contributed by atoms with van der Waals surface area (Å²) >= 11 is 11.7. The Hall–Kier alpha value is -1.78. The Morgan fingerprint density at radius 1 is 1.29 bits per heavy atom. The fraction of sp³-hybridized carbons (Fsp3) is 0.200. The van der Waals surface area contributed by atoms with Crippen molar-refractivity contribution in [3.05, 3.63) is 57.2 Å². The van der Waals surface area contributed by atoms with E-state index in [1.807, 2.05) is 12.1 Å². The topological polar surface area (TPSA) is 51.2 Å². The molecule has 1 heterocycles. The number of nitrogens with zero attached hydrogens (tertiary/aromatic N) is 1. The van der Waals surface area contributed by atoms with Crippen LogP contribution in [0.1, 0.15) is 21.5 Å². The Balaban J connectivity index is 2.15. The number of benzene rings is 1. The Morgan fingerprint density at radius 3 is 2.57 bits per heavy atom. The van der Waals surface area contributed by atoms with Crippen LogP contribution in [-0.4, -0.2) is 18.0 Å². The van der Waals surface area contributed by atoms with Crippen LogP contribution in [0.5, 0.6) is 5.88 Å². The maximum Gasteiger partial charge on any atom is 0.257 e. The first-order valence-electron chi connectivity index (χ1n) is 6.25. The van der Waals surface area contributed by atoms with Crippen molar-refractivity contribution >= 4 is 29.1 Å². The summed E-state index contributed by atoms with van der Waals surface area (Å²) in [5.41, 5.74) is 2.04. The highest BCUT2D eigenvalue weighted by atomic mass is 35.5. The number of hydrogen-bond acceptors (Lipinski definition) is 3. The van der Waals surface area contributed by atoms with Gasteiger partial charge in [-0.25, -0.2) is 4.98 Å². The second-order valence-electron chi connectivity index (χ2n) is 4.46. The van der Waals surface area contributed by atoms with Crippen LogP contribution in [0, 0.1) is 6.92 Å². The van der Waals surface area contributed by atoms with Crippen molar-refractivity contribution in [1.29, 1.82) is 0 Å². The van der Waals surface area contributed by atoms with Gasteiger partial charge in [0.2, 0.25) is 5.88 Å². The molecule has 1 N–H and O–H groups in total. The molecule has 0 aliphatic carbocycles. The summed E-state index contributed by atoms with van der Waals surface area (Å²) in [6.45, 7) is 2.18. The lowest BCUT2D eigenvalue weighted by Gasteiger charge is -2.11. The van der Waals surface area contributed by atoms with Gasteiger partial charge in [0.15, 0.2) is 0 Å². The minimum absolute atomic E-state index is 0.216. The molecule has 4 nitrogen and oxygen atoms in total. The highest BCUT2D eigenvalue weighted by molar-refractivity contribution is 6.30. The lowest BCUT2D eigenvalue weighted by atomic mass is 10.1. The standard InChI is InChI=1S/C15H14Cl2N2O2/c1-9-7-12(17)19-15(21-2)13(9)14(20)18-8-10-3-5-11(16)6-4-10/h3-7H,8H2,1-2H3,(H,18,20). The smallest absolute Gasteiger partial charge is 0.257 e. The second kappa shape index (κ2) is 6.78. The summed E-state index contributed by atoms with van der Waals surface area (Å²) < 4.78 is 5.12. The third-order valence-corrected chi connectivity index (χ3v) is 3.38. The predicted molar refractivity (Wildman–Crippen MR) is 83.2 cm³/mol. The molecule has 0 fully saturated rings. The van der Waals surface area contributed by atoms with Gasteiger partial charge in [-0.05, 0) is 36.2 Å². The first-order valence-corrected chi connectivity index (χ1v) is 7.00. The molecular formula is C15H14Cl2N2O2. The van der Waals surface area contributed by atoms with Gasteiger partial charge in [-0.1, -0.05) is 35.3 Å². The zero-order chi connectivity index (χ0) is 15.4. The summed E-state index contributed by atoms with van der Waals surface area (Å²) in [7, 11) is 1.45. The minimum Gasteiger partial charge on any atom is -0.480 e. The van der Waals surface area contributed by atoms with E-state index in [0.29, 0.717) is 27.8 Å². The number of methoxy groups -OCH3 is 1. The fourth-order valence-corrected chi connectivity index (χ4v) is 2.27. The maximum atomic E-state index is 12.3. The molecule has 1 aromatic heterocycles. The second-order valence-corrected chi connectivity index (χ2v) is 5.28. The first kappa shape index (κ1) is 15.6. The van der Waals surface area contributed by atoms with Crippen molar-refractivity contribution in [1.82, 2.24) is 10.3 Å². The van der Waals surface area contributed by atoms with Gasteiger partial charge in [-0.2, -0.15) is 0 Å². The summed E-state index contributed by atoms with van der Waals surface area (Å²) in [6, 6.07) is 8.89. The number of nitrogens with one attached hydrogen (secondary N) is 1. The van der Waals surface area contributed by atoms with Crippen LogP contribution in [0.25, 0.3) is 0 Å². The third-order valence-electron chi connectivity index (χ3n) is 2.94. The Morgan fingerprint density at radius 2 is 1.95 bits per heavy atom. The van der Waals surface area contributed by atoms with E-state index in [-0.39, 0.29) is 11.8 Å². The molecule has 110 valence electrons. The van der Waals surface area contributed by atoms with Gasteiger partial charge in [0.1, 0.15) is 10.7 Å². The van der Waals surface area contributed by atoms with E-state index in [1.54, 1.807) is 25.1 Å². The number of carbonyl (C=O) groups excluding carboxylic acids is 1. The van der Waals surface area contributed by atoms with Gasteiger partial charge in [0, 0.05) is 11.6 Å². The predicted octanol–water partition coefficient (Wildman–Crippen LogP) is 3.64. The van der Waals surface area contributed by atoms with Gasteiger partial charge in [-0.15, -0.1) is 0 Å². The van der Waals surface area contributed by atoms with Crippen molar-refractivity contribution in [3.8, 4) is 5.88 Å². The molecule has 0 bridgehead atoms. The van der Waals surface area contributed by atoms with Gasteiger partial charge in [0.25, 0.3) is 5.91 Å². The zero-order valence-corrected chi connectivity index (χ0v) is 13.1. The molecule has 0 unspecified atom stereocenters. The highest BCUT2D eigenvalue weighted by Gasteiger charge is 2.17. The molecule has 1 amide bonds. The Kier molecular flexibility index (Phi) is 5.04. The fourth-order valence-electron chi connectivity index (χ4n) is 1.90. The number of aryl methyl sites for hydroxylation is 1. The van der Waals surface area contributed by atoms with Crippen molar-refractivity contribution in [2.45, 2.75) is 13.5 Å². The Labute approximate surface area is 133 Å². The van der Waals surface area contributed by atoms with E-state index in [2.05, 4.69) is 10.3 Å². The lowest BCUT2D eigenvalue weighted by Crippen LogP contribution is -2.24. The van der Waals surface area contributed by atoms with E-state index >= 15 is 0 Å². The number of carbonyl (C=O) groups is 1. The Bertz CT molecular complexity index is 657. The van der Waals surface area contributed by atoms with E-state index < -0.39 is 0 Å². The molecule has 0 radical (unpaired) electrons. The highest BCUT2D eigenvalue weighted by Crippen LogP contribution is 2.23. The molecule has 0 aliphatic heterocycles. The summed E-state index contributed by atoms with van der Waals surface area (Å²) in [5, 5.41) is 3.77.